The average Bonchev–Trinajstić information content (AvgIpc) is 3.73. The molecular formula is C28H18Cl8N4O6. The van der Waals surface area contributed by atoms with Crippen LogP contribution in [-0.4, -0.2) is 47.5 Å². The topological polar surface area (TPSA) is 143 Å². The summed E-state index contributed by atoms with van der Waals surface area (Å²) < 4.78 is 10.9. The molecule has 8 bridgehead atoms. The van der Waals surface area contributed by atoms with Crippen molar-refractivity contribution in [1.29, 1.82) is 0 Å². The van der Waals surface area contributed by atoms with E-state index < -0.39 is 34.4 Å². The van der Waals surface area contributed by atoms with Crippen LogP contribution in [0.4, 0.5) is 0 Å². The Morgan fingerprint density at radius 2 is 0.739 bits per heavy atom. The van der Waals surface area contributed by atoms with Crippen molar-refractivity contribution in [3.05, 3.63) is 99.7 Å². The maximum Gasteiger partial charge on any atom is 0.287 e. The molecule has 2 atom stereocenters. The fraction of sp³-hybridized carbons (Fsp3) is 0.214. The number of furan rings is 2. The number of alkyl halides is 2. The first-order valence-electron chi connectivity index (χ1n) is 13.0. The molecule has 6 heterocycles. The maximum atomic E-state index is 12.8. The van der Waals surface area contributed by atoms with Crippen molar-refractivity contribution in [3.8, 4) is 0 Å². The van der Waals surface area contributed by atoms with Crippen LogP contribution in [0.5, 0.6) is 0 Å². The third kappa shape index (κ3) is 6.86. The Kier molecular flexibility index (Phi) is 10.8. The van der Waals surface area contributed by atoms with Gasteiger partial charge in [0, 0.05) is 37.3 Å². The first kappa shape index (κ1) is 34.8. The van der Waals surface area contributed by atoms with Crippen LogP contribution < -0.4 is 21.3 Å². The lowest BCUT2D eigenvalue weighted by molar-refractivity contribution is 0.0886. The molecule has 1 aromatic carbocycles. The molecule has 46 heavy (non-hydrogen) atoms. The summed E-state index contributed by atoms with van der Waals surface area (Å²) in [4.78, 5) is 51.3. The van der Waals surface area contributed by atoms with Crippen LogP contribution >= 0.6 is 92.8 Å². The summed E-state index contributed by atoms with van der Waals surface area (Å²) in [5.74, 6) is -3.53. The lowest BCUT2D eigenvalue weighted by atomic mass is 9.96. The number of halogens is 8. The molecule has 3 aromatic rings. The largest absolute Gasteiger partial charge is 0.446 e. The number of hydrogen-bond acceptors (Lipinski definition) is 6. The number of benzene rings is 1. The first-order valence-corrected chi connectivity index (χ1v) is 16.2. The van der Waals surface area contributed by atoms with E-state index in [2.05, 4.69) is 21.3 Å². The SMILES string of the molecule is O=C1NCC2=C(Cl)C(Cl)=C(CNC(=O)c3ccc(o3)C(=O)NCc3c(Cl)c(Cl)c(c(Cl)c3Cl)CNC(=O)c3ccc1o3)[C@H](Cl)[C@@H]2Cl. The fourth-order valence-corrected chi connectivity index (χ4v) is 7.06. The molecule has 1 aliphatic carbocycles. The summed E-state index contributed by atoms with van der Waals surface area (Å²) in [6.45, 7) is -0.777. The van der Waals surface area contributed by atoms with Crippen LogP contribution in [0.25, 0.3) is 0 Å². The molecule has 0 saturated heterocycles. The normalized spacial score (nSPS) is 20.1. The molecule has 242 valence electrons. The van der Waals surface area contributed by atoms with E-state index in [0.29, 0.717) is 11.1 Å². The second kappa shape index (κ2) is 14.3. The summed E-state index contributed by atoms with van der Waals surface area (Å²) >= 11 is 52.0. The van der Waals surface area contributed by atoms with Crippen molar-refractivity contribution in [2.45, 2.75) is 23.8 Å². The molecule has 5 aliphatic rings. The van der Waals surface area contributed by atoms with Gasteiger partial charge in [0.1, 0.15) is 0 Å². The average molecular weight is 790 g/mol. The summed E-state index contributed by atoms with van der Waals surface area (Å²) in [6, 6.07) is 5.17. The molecule has 18 heteroatoms. The number of amides is 4. The predicted octanol–water partition coefficient (Wildman–Crippen LogP) is 7.03. The Hall–Kier alpha value is -2.54. The van der Waals surface area contributed by atoms with Crippen molar-refractivity contribution in [2.75, 3.05) is 13.1 Å². The number of carbonyl (C=O) groups is 4. The van der Waals surface area contributed by atoms with Gasteiger partial charge in [0.25, 0.3) is 23.6 Å². The minimum atomic E-state index is -0.922. The molecule has 4 N–H and O–H groups in total. The van der Waals surface area contributed by atoms with Gasteiger partial charge in [0.2, 0.25) is 0 Å². The van der Waals surface area contributed by atoms with E-state index in [1.165, 1.54) is 24.3 Å². The zero-order valence-corrected chi connectivity index (χ0v) is 28.8. The van der Waals surface area contributed by atoms with Crippen LogP contribution in [-0.2, 0) is 13.1 Å². The second-order valence-electron chi connectivity index (χ2n) is 9.75. The lowest BCUT2D eigenvalue weighted by Gasteiger charge is -2.29. The zero-order valence-electron chi connectivity index (χ0n) is 22.8. The Bertz CT molecular complexity index is 1690. The van der Waals surface area contributed by atoms with E-state index >= 15 is 0 Å². The van der Waals surface area contributed by atoms with Gasteiger partial charge in [0.15, 0.2) is 23.0 Å². The van der Waals surface area contributed by atoms with Crippen LogP contribution in [0, 0.1) is 0 Å². The quantitative estimate of drug-likeness (QED) is 0.142. The number of rotatable bonds is 0. The van der Waals surface area contributed by atoms with Gasteiger partial charge in [-0.15, -0.1) is 23.2 Å². The van der Waals surface area contributed by atoms with Gasteiger partial charge in [-0.25, -0.2) is 0 Å². The highest BCUT2D eigenvalue weighted by atomic mass is 35.5. The number of allylic oxidation sites excluding steroid dienone is 2. The lowest BCUT2D eigenvalue weighted by Crippen LogP contribution is -2.37. The number of nitrogens with one attached hydrogen (secondary N) is 4. The Morgan fingerprint density at radius 3 is 1.02 bits per heavy atom. The number of hydrogen-bond donors (Lipinski definition) is 4. The molecule has 4 amide bonds. The van der Waals surface area contributed by atoms with Crippen LogP contribution in [0.15, 0.2) is 54.3 Å². The van der Waals surface area contributed by atoms with E-state index in [1.54, 1.807) is 0 Å². The maximum absolute atomic E-state index is 12.8. The third-order valence-electron chi connectivity index (χ3n) is 6.96. The number of carbonyl (C=O) groups excluding carboxylic acids is 4. The molecule has 4 aliphatic heterocycles. The summed E-state index contributed by atoms with van der Waals surface area (Å²) in [5, 5.41) is 8.51. The van der Waals surface area contributed by atoms with E-state index in [9.17, 15) is 19.2 Å². The highest BCUT2D eigenvalue weighted by molar-refractivity contribution is 6.49. The van der Waals surface area contributed by atoms with Crippen LogP contribution in [0.1, 0.15) is 53.3 Å². The first-order chi connectivity index (χ1) is 21.8. The van der Waals surface area contributed by atoms with Crippen molar-refractivity contribution < 1.29 is 28.0 Å². The van der Waals surface area contributed by atoms with Gasteiger partial charge in [0.05, 0.1) is 40.9 Å². The fourth-order valence-electron chi connectivity index (χ4n) is 4.46. The molecule has 0 saturated carbocycles. The highest BCUT2D eigenvalue weighted by Gasteiger charge is 2.35. The molecule has 8 rings (SSSR count). The van der Waals surface area contributed by atoms with Crippen LogP contribution in [0.3, 0.4) is 0 Å². The molecule has 2 aromatic heterocycles. The Morgan fingerprint density at radius 1 is 0.478 bits per heavy atom. The zero-order chi connectivity index (χ0) is 33.4. The van der Waals surface area contributed by atoms with Crippen molar-refractivity contribution in [2.24, 2.45) is 0 Å². The van der Waals surface area contributed by atoms with Crippen molar-refractivity contribution in [1.82, 2.24) is 21.3 Å². The molecule has 0 spiro atoms. The minimum absolute atomic E-state index is 0.0206. The Balaban J connectivity index is 1.48. The summed E-state index contributed by atoms with van der Waals surface area (Å²) in [6.07, 6.45) is 0. The molecule has 0 radical (unpaired) electrons. The van der Waals surface area contributed by atoms with E-state index in [-0.39, 0.29) is 90.5 Å². The van der Waals surface area contributed by atoms with E-state index in [0.717, 1.165) is 0 Å². The van der Waals surface area contributed by atoms with E-state index in [4.69, 9.17) is 102 Å². The second-order valence-corrected chi connectivity index (χ2v) is 13.0. The van der Waals surface area contributed by atoms with Gasteiger partial charge >= 0.3 is 0 Å². The van der Waals surface area contributed by atoms with Gasteiger partial charge in [-0.1, -0.05) is 69.6 Å². The third-order valence-corrected chi connectivity index (χ3v) is 10.9. The summed E-state index contributed by atoms with van der Waals surface area (Å²) in [7, 11) is 0. The van der Waals surface area contributed by atoms with Crippen molar-refractivity contribution >= 4 is 116 Å². The van der Waals surface area contributed by atoms with Gasteiger partial charge in [-0.2, -0.15) is 0 Å². The van der Waals surface area contributed by atoms with Gasteiger partial charge < -0.3 is 30.1 Å². The monoisotopic (exact) mass is 786 g/mol. The van der Waals surface area contributed by atoms with Crippen molar-refractivity contribution in [3.63, 3.8) is 0 Å². The minimum Gasteiger partial charge on any atom is -0.446 e. The standard InChI is InChI=1S/C28H18Cl8N4O6/c29-17-9-5-37-25(41)13-1-2-14(45-13)26(42)38-6-10-19(31)23(35)12(24(36)20(10)32)8-40-28(44)16-4-3-15(46-16)27(43)39-7-11(21(17)33)22(34)18(9)30/h1-4,17,21H,5-8H2,(H,37,41)(H,38,42)(H,39,43)(H,40,44)/t17-,21+. The molecule has 0 fully saturated rings. The molecule has 0 unspecified atom stereocenters. The van der Waals surface area contributed by atoms with Gasteiger partial charge in [-0.05, 0) is 35.4 Å². The van der Waals surface area contributed by atoms with Crippen LogP contribution in [0.2, 0.25) is 20.1 Å². The Labute approximate surface area is 300 Å². The molecular weight excluding hydrogens is 772 g/mol. The van der Waals surface area contributed by atoms with Gasteiger partial charge in [-0.3, -0.25) is 19.2 Å². The van der Waals surface area contributed by atoms with E-state index in [1.807, 2.05) is 0 Å². The highest BCUT2D eigenvalue weighted by Crippen LogP contribution is 2.42. The predicted molar refractivity (Wildman–Crippen MR) is 176 cm³/mol. The summed E-state index contributed by atoms with van der Waals surface area (Å²) in [5.41, 5.74) is 0.996. The molecule has 10 nitrogen and oxygen atoms in total. The smallest absolute Gasteiger partial charge is 0.287 e.